The molecule has 0 fully saturated rings. The molecule has 0 aliphatic heterocycles. The van der Waals surface area contributed by atoms with Crippen molar-refractivity contribution in [3.63, 3.8) is 0 Å². The maximum Gasteiger partial charge on any atom is 0.411 e. The third kappa shape index (κ3) is 6.25. The maximum atomic E-state index is 12.0. The Labute approximate surface area is 139 Å². The summed E-state index contributed by atoms with van der Waals surface area (Å²) < 4.78 is 42.8. The van der Waals surface area contributed by atoms with E-state index in [0.717, 1.165) is 4.68 Å². The van der Waals surface area contributed by atoms with Crippen molar-refractivity contribution < 1.29 is 32.6 Å². The lowest BCUT2D eigenvalue weighted by Crippen LogP contribution is -2.18. The molecule has 0 spiro atoms. The molecule has 136 valence electrons. The van der Waals surface area contributed by atoms with Crippen molar-refractivity contribution in [3.05, 3.63) is 30.4 Å². The predicted molar refractivity (Wildman–Crippen MR) is 76.7 cm³/mol. The van der Waals surface area contributed by atoms with Crippen molar-refractivity contribution in [2.45, 2.75) is 25.9 Å². The quantitative estimate of drug-likeness (QED) is 0.734. The standard InChI is InChI=1S/C13H14F3N5O4/c14-13(15,16)7-25-8-21-6-10(4-18-21)19-12(24)9-3-17-20(5-9)2-1-11(22)23/h3-6H,1-2,7-8H2,(H,19,24)(H,22,23). The van der Waals surface area contributed by atoms with Gasteiger partial charge in [-0.2, -0.15) is 23.4 Å². The van der Waals surface area contributed by atoms with Gasteiger partial charge >= 0.3 is 12.1 Å². The number of rotatable bonds is 8. The highest BCUT2D eigenvalue weighted by molar-refractivity contribution is 6.03. The molecular weight excluding hydrogens is 347 g/mol. The number of alkyl halides is 3. The minimum Gasteiger partial charge on any atom is -0.481 e. The smallest absolute Gasteiger partial charge is 0.411 e. The molecule has 2 heterocycles. The molecule has 0 radical (unpaired) electrons. The van der Waals surface area contributed by atoms with E-state index in [4.69, 9.17) is 5.11 Å². The van der Waals surface area contributed by atoms with Gasteiger partial charge in [-0.05, 0) is 0 Å². The van der Waals surface area contributed by atoms with E-state index in [1.807, 2.05) is 0 Å². The molecular formula is C13H14F3N5O4. The summed E-state index contributed by atoms with van der Waals surface area (Å²) in [4.78, 5) is 22.5. The number of halogens is 3. The number of amides is 1. The fourth-order valence-electron chi connectivity index (χ4n) is 1.77. The van der Waals surface area contributed by atoms with Crippen molar-refractivity contribution in [2.75, 3.05) is 11.9 Å². The number of carboxylic acids is 1. The van der Waals surface area contributed by atoms with E-state index in [-0.39, 0.29) is 24.2 Å². The Balaban J connectivity index is 1.85. The van der Waals surface area contributed by atoms with Crippen LogP contribution in [0.4, 0.5) is 18.9 Å². The monoisotopic (exact) mass is 361 g/mol. The van der Waals surface area contributed by atoms with Crippen molar-refractivity contribution in [1.82, 2.24) is 19.6 Å². The Morgan fingerprint density at radius 3 is 2.60 bits per heavy atom. The van der Waals surface area contributed by atoms with E-state index >= 15 is 0 Å². The summed E-state index contributed by atoms with van der Waals surface area (Å²) in [6.07, 6.45) is 0.661. The average Bonchev–Trinajstić information content (AvgIpc) is 3.13. The summed E-state index contributed by atoms with van der Waals surface area (Å²) >= 11 is 0. The lowest BCUT2D eigenvalue weighted by atomic mass is 10.3. The van der Waals surface area contributed by atoms with Gasteiger partial charge in [-0.3, -0.25) is 14.3 Å². The summed E-state index contributed by atoms with van der Waals surface area (Å²) in [7, 11) is 0. The lowest BCUT2D eigenvalue weighted by molar-refractivity contribution is -0.182. The van der Waals surface area contributed by atoms with Crippen LogP contribution in [-0.2, 0) is 22.8 Å². The molecule has 2 N–H and O–H groups in total. The number of nitrogens with zero attached hydrogens (tertiary/aromatic N) is 4. The van der Waals surface area contributed by atoms with Crippen molar-refractivity contribution in [2.24, 2.45) is 0 Å². The van der Waals surface area contributed by atoms with Crippen LogP contribution in [0.15, 0.2) is 24.8 Å². The number of carbonyl (C=O) groups is 2. The number of carboxylic acid groups (broad SMARTS) is 1. The second-order valence-electron chi connectivity index (χ2n) is 4.95. The van der Waals surface area contributed by atoms with E-state index in [1.54, 1.807) is 0 Å². The van der Waals surface area contributed by atoms with Gasteiger partial charge in [-0.15, -0.1) is 0 Å². The van der Waals surface area contributed by atoms with E-state index < -0.39 is 31.4 Å². The van der Waals surface area contributed by atoms with Gasteiger partial charge in [0.2, 0.25) is 0 Å². The van der Waals surface area contributed by atoms with Crippen molar-refractivity contribution >= 4 is 17.6 Å². The highest BCUT2D eigenvalue weighted by Crippen LogP contribution is 2.15. The molecule has 25 heavy (non-hydrogen) atoms. The summed E-state index contributed by atoms with van der Waals surface area (Å²) in [5.74, 6) is -1.50. The van der Waals surface area contributed by atoms with Gasteiger partial charge in [0, 0.05) is 6.20 Å². The Kier molecular flexibility index (Phi) is 5.75. The zero-order chi connectivity index (χ0) is 18.4. The Hall–Kier alpha value is -2.89. The van der Waals surface area contributed by atoms with Crippen molar-refractivity contribution in [1.29, 1.82) is 0 Å². The minimum atomic E-state index is -4.43. The molecule has 0 aromatic carbocycles. The number of ether oxygens (including phenoxy) is 1. The highest BCUT2D eigenvalue weighted by atomic mass is 19.4. The third-order valence-electron chi connectivity index (χ3n) is 2.83. The van der Waals surface area contributed by atoms with E-state index in [9.17, 15) is 22.8 Å². The summed E-state index contributed by atoms with van der Waals surface area (Å²) in [5, 5.41) is 18.7. The van der Waals surface area contributed by atoms with Gasteiger partial charge in [0.25, 0.3) is 5.91 Å². The molecule has 0 aliphatic rings. The first-order valence-corrected chi connectivity index (χ1v) is 6.95. The second-order valence-corrected chi connectivity index (χ2v) is 4.95. The third-order valence-corrected chi connectivity index (χ3v) is 2.83. The molecule has 2 aromatic heterocycles. The van der Waals surface area contributed by atoms with E-state index in [0.29, 0.717) is 0 Å². The van der Waals surface area contributed by atoms with Crippen LogP contribution in [0.5, 0.6) is 0 Å². The van der Waals surface area contributed by atoms with Crippen LogP contribution in [-0.4, -0.2) is 49.3 Å². The van der Waals surface area contributed by atoms with E-state index in [1.165, 1.54) is 29.5 Å². The number of aliphatic carboxylic acids is 1. The van der Waals surface area contributed by atoms with Crippen LogP contribution < -0.4 is 5.32 Å². The van der Waals surface area contributed by atoms with Crippen LogP contribution in [0.25, 0.3) is 0 Å². The van der Waals surface area contributed by atoms with Gasteiger partial charge < -0.3 is 15.2 Å². The van der Waals surface area contributed by atoms with E-state index in [2.05, 4.69) is 20.3 Å². The molecule has 0 atom stereocenters. The van der Waals surface area contributed by atoms with Gasteiger partial charge in [0.1, 0.15) is 13.3 Å². The summed E-state index contributed by atoms with van der Waals surface area (Å²) in [6, 6.07) is 0. The maximum absolute atomic E-state index is 12.0. The fourth-order valence-corrected chi connectivity index (χ4v) is 1.77. The molecule has 0 bridgehead atoms. The van der Waals surface area contributed by atoms with Crippen LogP contribution in [0.3, 0.4) is 0 Å². The van der Waals surface area contributed by atoms with Gasteiger partial charge in [-0.25, -0.2) is 4.68 Å². The molecule has 0 saturated heterocycles. The number of hydrogen-bond acceptors (Lipinski definition) is 5. The van der Waals surface area contributed by atoms with Gasteiger partial charge in [0.15, 0.2) is 0 Å². The van der Waals surface area contributed by atoms with Gasteiger partial charge in [0.05, 0.1) is 42.8 Å². The van der Waals surface area contributed by atoms with Crippen LogP contribution in [0, 0.1) is 0 Å². The van der Waals surface area contributed by atoms with Crippen LogP contribution in [0.2, 0.25) is 0 Å². The zero-order valence-corrected chi connectivity index (χ0v) is 12.7. The number of aromatic nitrogens is 4. The van der Waals surface area contributed by atoms with Crippen molar-refractivity contribution in [3.8, 4) is 0 Å². The molecule has 1 amide bonds. The molecule has 12 heteroatoms. The number of anilines is 1. The first-order valence-electron chi connectivity index (χ1n) is 6.95. The second kappa shape index (κ2) is 7.79. The lowest BCUT2D eigenvalue weighted by Gasteiger charge is -2.07. The Morgan fingerprint density at radius 1 is 1.20 bits per heavy atom. The molecule has 9 nitrogen and oxygen atoms in total. The van der Waals surface area contributed by atoms with Crippen LogP contribution in [0.1, 0.15) is 16.8 Å². The normalized spacial score (nSPS) is 11.5. The predicted octanol–water partition coefficient (Wildman–Crippen LogP) is 1.34. The molecule has 0 saturated carbocycles. The number of hydrogen-bond donors (Lipinski definition) is 2. The number of carbonyl (C=O) groups excluding carboxylic acids is 1. The topological polar surface area (TPSA) is 111 Å². The fraction of sp³-hybridized carbons (Fsp3) is 0.385. The summed E-state index contributed by atoms with van der Waals surface area (Å²) in [5.41, 5.74) is 0.463. The molecule has 2 rings (SSSR count). The number of nitrogens with one attached hydrogen (secondary N) is 1. The largest absolute Gasteiger partial charge is 0.481 e. The number of aryl methyl sites for hydroxylation is 1. The zero-order valence-electron chi connectivity index (χ0n) is 12.7. The molecule has 0 aliphatic carbocycles. The highest BCUT2D eigenvalue weighted by Gasteiger charge is 2.27. The molecule has 2 aromatic rings. The summed E-state index contributed by atoms with van der Waals surface area (Å²) in [6.45, 7) is -1.69. The first kappa shape index (κ1) is 18.4. The Morgan fingerprint density at radius 2 is 1.92 bits per heavy atom. The SMILES string of the molecule is O=C(O)CCn1cc(C(=O)Nc2cnn(COCC(F)(F)F)c2)cn1. The molecule has 0 unspecified atom stereocenters. The minimum absolute atomic E-state index is 0.122. The Bertz CT molecular complexity index is 740. The van der Waals surface area contributed by atoms with Gasteiger partial charge in [-0.1, -0.05) is 0 Å². The van der Waals surface area contributed by atoms with Crippen LogP contribution >= 0.6 is 0 Å². The average molecular weight is 361 g/mol. The first-order chi connectivity index (χ1) is 11.7.